The first-order valence-electron chi connectivity index (χ1n) is 7.04. The van der Waals surface area contributed by atoms with Crippen LogP contribution in [0.5, 0.6) is 0 Å². The quantitative estimate of drug-likeness (QED) is 0.931. The number of carboxylic acids is 1. The van der Waals surface area contributed by atoms with Crippen LogP contribution < -0.4 is 4.90 Å². The molecule has 2 heterocycles. The van der Waals surface area contributed by atoms with E-state index in [0.717, 1.165) is 37.1 Å². The average Bonchev–Trinajstić information content (AvgIpc) is 2.46. The minimum atomic E-state index is -0.706. The molecule has 1 unspecified atom stereocenters. The van der Waals surface area contributed by atoms with E-state index in [1.165, 1.54) is 5.39 Å². The number of hydrogen-bond acceptors (Lipinski definition) is 3. The van der Waals surface area contributed by atoms with Gasteiger partial charge in [-0.1, -0.05) is 24.3 Å². The van der Waals surface area contributed by atoms with E-state index in [4.69, 9.17) is 5.11 Å². The van der Waals surface area contributed by atoms with Gasteiger partial charge in [-0.2, -0.15) is 0 Å². The van der Waals surface area contributed by atoms with Gasteiger partial charge in [0.05, 0.1) is 0 Å². The molecule has 104 valence electrons. The molecule has 0 bridgehead atoms. The summed E-state index contributed by atoms with van der Waals surface area (Å²) in [4.78, 5) is 17.6. The molecule has 4 nitrogen and oxygen atoms in total. The molecule has 0 radical (unpaired) electrons. The summed E-state index contributed by atoms with van der Waals surface area (Å²) in [5.41, 5.74) is 0. The standard InChI is InChI=1S/C16H18N2O2/c19-15(20)10-12-4-3-9-18(11-12)16-14-6-2-1-5-13(14)7-8-17-16/h1-2,5-8,12H,3-4,9-11H2,(H,19,20). The van der Waals surface area contributed by atoms with Gasteiger partial charge in [-0.05, 0) is 30.2 Å². The van der Waals surface area contributed by atoms with E-state index in [1.807, 2.05) is 24.4 Å². The Morgan fingerprint density at radius 2 is 2.20 bits per heavy atom. The molecule has 1 aromatic heterocycles. The monoisotopic (exact) mass is 270 g/mol. The minimum absolute atomic E-state index is 0.224. The van der Waals surface area contributed by atoms with Crippen molar-refractivity contribution in [2.75, 3.05) is 18.0 Å². The minimum Gasteiger partial charge on any atom is -0.481 e. The highest BCUT2D eigenvalue weighted by Crippen LogP contribution is 2.29. The molecule has 1 aliphatic rings. The topological polar surface area (TPSA) is 53.4 Å². The second kappa shape index (κ2) is 5.49. The molecule has 0 spiro atoms. The molecule has 1 aliphatic heterocycles. The molecule has 2 aromatic rings. The van der Waals surface area contributed by atoms with Gasteiger partial charge in [0.1, 0.15) is 5.82 Å². The smallest absolute Gasteiger partial charge is 0.303 e. The van der Waals surface area contributed by atoms with Gasteiger partial charge in [-0.3, -0.25) is 4.79 Å². The highest BCUT2D eigenvalue weighted by molar-refractivity contribution is 5.92. The third kappa shape index (κ3) is 2.59. The van der Waals surface area contributed by atoms with Crippen molar-refractivity contribution >= 4 is 22.6 Å². The summed E-state index contributed by atoms with van der Waals surface area (Å²) in [6.07, 6.45) is 4.11. The van der Waals surface area contributed by atoms with Crippen LogP contribution >= 0.6 is 0 Å². The number of carbonyl (C=O) groups is 1. The van der Waals surface area contributed by atoms with Crippen molar-refractivity contribution in [3.63, 3.8) is 0 Å². The summed E-state index contributed by atoms with van der Waals surface area (Å²) in [6.45, 7) is 1.74. The van der Waals surface area contributed by atoms with Crippen LogP contribution in [0.1, 0.15) is 19.3 Å². The lowest BCUT2D eigenvalue weighted by molar-refractivity contribution is -0.138. The summed E-state index contributed by atoms with van der Waals surface area (Å²) in [6, 6.07) is 10.2. The summed E-state index contributed by atoms with van der Waals surface area (Å²) >= 11 is 0. The van der Waals surface area contributed by atoms with Crippen LogP contribution in [0.15, 0.2) is 36.5 Å². The molecule has 4 heteroatoms. The maximum atomic E-state index is 10.9. The number of nitrogens with zero attached hydrogens (tertiary/aromatic N) is 2. The van der Waals surface area contributed by atoms with Crippen molar-refractivity contribution in [3.05, 3.63) is 36.5 Å². The fraction of sp³-hybridized carbons (Fsp3) is 0.375. The SMILES string of the molecule is O=C(O)CC1CCCN(c2nccc3ccccc23)C1. The molecule has 3 rings (SSSR count). The molecular weight excluding hydrogens is 252 g/mol. The van der Waals surface area contributed by atoms with E-state index in [9.17, 15) is 4.79 Å². The Hall–Kier alpha value is -2.10. The zero-order valence-corrected chi connectivity index (χ0v) is 11.3. The van der Waals surface area contributed by atoms with Crippen molar-refractivity contribution in [1.29, 1.82) is 0 Å². The number of anilines is 1. The highest BCUT2D eigenvalue weighted by atomic mass is 16.4. The fourth-order valence-corrected chi connectivity index (χ4v) is 3.03. The molecule has 1 atom stereocenters. The Labute approximate surface area is 118 Å². The van der Waals surface area contributed by atoms with Crippen molar-refractivity contribution in [1.82, 2.24) is 4.98 Å². The van der Waals surface area contributed by atoms with Crippen LogP contribution in [0, 0.1) is 5.92 Å². The summed E-state index contributed by atoms with van der Waals surface area (Å²) in [7, 11) is 0. The summed E-state index contributed by atoms with van der Waals surface area (Å²) in [5.74, 6) is 0.503. The lowest BCUT2D eigenvalue weighted by Gasteiger charge is -2.33. The van der Waals surface area contributed by atoms with E-state index in [0.29, 0.717) is 0 Å². The van der Waals surface area contributed by atoms with Crippen molar-refractivity contribution in [2.45, 2.75) is 19.3 Å². The summed E-state index contributed by atoms with van der Waals surface area (Å²) in [5, 5.41) is 11.3. The molecule has 20 heavy (non-hydrogen) atoms. The van der Waals surface area contributed by atoms with E-state index in [-0.39, 0.29) is 12.3 Å². The third-order valence-corrected chi connectivity index (χ3v) is 3.93. The normalized spacial score (nSPS) is 19.2. The van der Waals surface area contributed by atoms with Crippen LogP contribution in [0.4, 0.5) is 5.82 Å². The van der Waals surface area contributed by atoms with Crippen molar-refractivity contribution < 1.29 is 9.90 Å². The van der Waals surface area contributed by atoms with E-state index in [1.54, 1.807) is 0 Å². The number of fused-ring (bicyclic) bond motifs is 1. The largest absolute Gasteiger partial charge is 0.481 e. The Morgan fingerprint density at radius 1 is 1.35 bits per heavy atom. The van der Waals surface area contributed by atoms with Crippen LogP contribution in [0.2, 0.25) is 0 Å². The molecule has 1 saturated heterocycles. The first-order chi connectivity index (χ1) is 9.74. The number of benzene rings is 1. The van der Waals surface area contributed by atoms with Gasteiger partial charge in [0.25, 0.3) is 0 Å². The van der Waals surface area contributed by atoms with Gasteiger partial charge in [0.2, 0.25) is 0 Å². The number of hydrogen-bond donors (Lipinski definition) is 1. The average molecular weight is 270 g/mol. The number of aromatic nitrogens is 1. The van der Waals surface area contributed by atoms with E-state index >= 15 is 0 Å². The lowest BCUT2D eigenvalue weighted by atomic mass is 9.94. The number of carboxylic acid groups (broad SMARTS) is 1. The van der Waals surface area contributed by atoms with Crippen LogP contribution in [0.25, 0.3) is 10.8 Å². The molecule has 0 saturated carbocycles. The Balaban J connectivity index is 1.88. The van der Waals surface area contributed by atoms with Gasteiger partial charge in [0.15, 0.2) is 0 Å². The molecule has 0 amide bonds. The maximum absolute atomic E-state index is 10.9. The Kier molecular flexibility index (Phi) is 3.54. The number of rotatable bonds is 3. The molecule has 0 aliphatic carbocycles. The van der Waals surface area contributed by atoms with Gasteiger partial charge in [-0.15, -0.1) is 0 Å². The third-order valence-electron chi connectivity index (χ3n) is 3.93. The van der Waals surface area contributed by atoms with Gasteiger partial charge in [-0.25, -0.2) is 4.98 Å². The van der Waals surface area contributed by atoms with E-state index < -0.39 is 5.97 Å². The van der Waals surface area contributed by atoms with Gasteiger partial charge < -0.3 is 10.0 Å². The van der Waals surface area contributed by atoms with E-state index in [2.05, 4.69) is 22.0 Å². The van der Waals surface area contributed by atoms with Crippen LogP contribution in [0.3, 0.4) is 0 Å². The molecule has 1 N–H and O–H groups in total. The predicted octanol–water partition coefficient (Wildman–Crippen LogP) is 2.93. The van der Waals surface area contributed by atoms with Gasteiger partial charge >= 0.3 is 5.97 Å². The second-order valence-electron chi connectivity index (χ2n) is 5.41. The zero-order chi connectivity index (χ0) is 13.9. The first-order valence-corrected chi connectivity index (χ1v) is 7.04. The molecular formula is C16H18N2O2. The Bertz CT molecular complexity index is 621. The maximum Gasteiger partial charge on any atom is 0.303 e. The fourth-order valence-electron chi connectivity index (χ4n) is 3.03. The number of piperidine rings is 1. The highest BCUT2D eigenvalue weighted by Gasteiger charge is 2.23. The Morgan fingerprint density at radius 3 is 3.05 bits per heavy atom. The lowest BCUT2D eigenvalue weighted by Crippen LogP contribution is -2.36. The van der Waals surface area contributed by atoms with Crippen LogP contribution in [-0.2, 0) is 4.79 Å². The first kappa shape index (κ1) is 12.9. The second-order valence-corrected chi connectivity index (χ2v) is 5.41. The van der Waals surface area contributed by atoms with Crippen molar-refractivity contribution in [3.8, 4) is 0 Å². The molecule has 1 fully saturated rings. The zero-order valence-electron chi connectivity index (χ0n) is 11.3. The number of pyridine rings is 1. The molecule has 1 aromatic carbocycles. The summed E-state index contributed by atoms with van der Waals surface area (Å²) < 4.78 is 0. The number of aliphatic carboxylic acids is 1. The van der Waals surface area contributed by atoms with Gasteiger partial charge in [0, 0.05) is 31.1 Å². The van der Waals surface area contributed by atoms with Crippen LogP contribution in [-0.4, -0.2) is 29.1 Å². The predicted molar refractivity (Wildman–Crippen MR) is 78.9 cm³/mol. The van der Waals surface area contributed by atoms with Crippen molar-refractivity contribution in [2.24, 2.45) is 5.92 Å².